The highest BCUT2D eigenvalue weighted by molar-refractivity contribution is 5.85. The predicted octanol–water partition coefficient (Wildman–Crippen LogP) is 3.88. The zero-order valence-electron chi connectivity index (χ0n) is 18.6. The summed E-state index contributed by atoms with van der Waals surface area (Å²) in [6.45, 7) is 8.02. The summed E-state index contributed by atoms with van der Waals surface area (Å²) >= 11 is 0. The number of carbonyl (C=O) groups is 1. The number of benzene rings is 1. The van der Waals surface area contributed by atoms with E-state index in [2.05, 4.69) is 20.1 Å². The van der Waals surface area contributed by atoms with E-state index >= 15 is 0 Å². The molecule has 1 aromatic carbocycles. The van der Waals surface area contributed by atoms with Crippen LogP contribution < -0.4 is 0 Å². The zero-order chi connectivity index (χ0) is 22.4. The zero-order valence-corrected chi connectivity index (χ0v) is 19.5. The fourth-order valence-electron chi connectivity index (χ4n) is 4.77. The minimum Gasteiger partial charge on any atom is -0.465 e. The van der Waals surface area contributed by atoms with Gasteiger partial charge in [-0.15, -0.1) is 12.4 Å². The molecule has 9 nitrogen and oxygen atoms in total. The molecular formula is C22H28ClFN6O3. The fourth-order valence-corrected chi connectivity index (χ4v) is 4.77. The second-order valence-corrected chi connectivity index (χ2v) is 9.15. The average molecular weight is 479 g/mol. The number of aromatic nitrogens is 4. The van der Waals surface area contributed by atoms with Gasteiger partial charge in [0.15, 0.2) is 0 Å². The Kier molecular flexibility index (Phi) is 6.58. The minimum absolute atomic E-state index is 0. The molecule has 0 spiro atoms. The predicted molar refractivity (Wildman–Crippen MR) is 122 cm³/mol. The molecule has 2 aliphatic heterocycles. The van der Waals surface area contributed by atoms with Gasteiger partial charge in [0.05, 0.1) is 5.69 Å². The van der Waals surface area contributed by atoms with Crippen molar-refractivity contribution in [3.63, 3.8) is 0 Å². The Hall–Kier alpha value is -2.72. The number of hydrogen-bond acceptors (Lipinski definition) is 6. The summed E-state index contributed by atoms with van der Waals surface area (Å²) in [5, 5.41) is 18.4. The third-order valence-corrected chi connectivity index (χ3v) is 6.53. The highest BCUT2D eigenvalue weighted by Gasteiger charge is 2.33. The maximum Gasteiger partial charge on any atom is 0.407 e. The summed E-state index contributed by atoms with van der Waals surface area (Å²) in [7, 11) is 0. The SMILES string of the molecule is CC(C)c1nn(-c2noc(C3CCN(CC4CN(C(=O)O)C4)CC3)n2)c2c(F)cccc12.Cl. The molecule has 33 heavy (non-hydrogen) atoms. The summed E-state index contributed by atoms with van der Waals surface area (Å²) in [5.74, 6) is 1.16. The van der Waals surface area contributed by atoms with Gasteiger partial charge in [0, 0.05) is 36.9 Å². The van der Waals surface area contributed by atoms with Gasteiger partial charge < -0.3 is 19.4 Å². The van der Waals surface area contributed by atoms with Gasteiger partial charge in [-0.2, -0.15) is 14.8 Å². The molecule has 11 heteroatoms. The molecule has 0 bridgehead atoms. The first-order valence-corrected chi connectivity index (χ1v) is 11.1. The molecule has 1 amide bonds. The average Bonchev–Trinajstić information content (AvgIpc) is 3.36. The van der Waals surface area contributed by atoms with Gasteiger partial charge in [-0.3, -0.25) is 0 Å². The molecule has 5 rings (SSSR count). The Labute approximate surface area is 196 Å². The largest absolute Gasteiger partial charge is 0.465 e. The number of nitrogens with zero attached hydrogens (tertiary/aromatic N) is 6. The van der Waals surface area contributed by atoms with E-state index in [9.17, 15) is 9.18 Å². The van der Waals surface area contributed by atoms with Gasteiger partial charge in [0.2, 0.25) is 5.89 Å². The molecule has 4 heterocycles. The lowest BCUT2D eigenvalue weighted by atomic mass is 9.94. The van der Waals surface area contributed by atoms with Crippen LogP contribution in [0.5, 0.6) is 0 Å². The van der Waals surface area contributed by atoms with E-state index in [0.717, 1.165) is 43.6 Å². The first kappa shape index (κ1) is 23.4. The van der Waals surface area contributed by atoms with Gasteiger partial charge in [-0.1, -0.05) is 26.0 Å². The van der Waals surface area contributed by atoms with E-state index in [1.807, 2.05) is 19.9 Å². The van der Waals surface area contributed by atoms with Gasteiger partial charge in [-0.05, 0) is 43.1 Å². The van der Waals surface area contributed by atoms with Crippen molar-refractivity contribution in [2.75, 3.05) is 32.7 Å². The van der Waals surface area contributed by atoms with Crippen molar-refractivity contribution in [3.05, 3.63) is 35.6 Å². The number of rotatable bonds is 5. The lowest BCUT2D eigenvalue weighted by molar-refractivity contribution is 0.0555. The minimum atomic E-state index is -0.836. The molecule has 2 fully saturated rings. The van der Waals surface area contributed by atoms with E-state index in [1.54, 1.807) is 6.07 Å². The Morgan fingerprint density at radius 3 is 2.67 bits per heavy atom. The summed E-state index contributed by atoms with van der Waals surface area (Å²) < 4.78 is 21.7. The van der Waals surface area contributed by atoms with Crippen LogP contribution in [0.2, 0.25) is 0 Å². The second kappa shape index (κ2) is 9.26. The van der Waals surface area contributed by atoms with Gasteiger partial charge in [0.1, 0.15) is 11.3 Å². The maximum absolute atomic E-state index is 14.6. The number of carboxylic acid groups (broad SMARTS) is 1. The Balaban J connectivity index is 0.00000259. The summed E-state index contributed by atoms with van der Waals surface area (Å²) in [5.41, 5.74) is 1.17. The van der Waals surface area contributed by atoms with Crippen molar-refractivity contribution >= 4 is 29.4 Å². The van der Waals surface area contributed by atoms with Crippen LogP contribution in [0.15, 0.2) is 22.7 Å². The third kappa shape index (κ3) is 4.41. The van der Waals surface area contributed by atoms with Crippen molar-refractivity contribution in [1.29, 1.82) is 0 Å². The summed E-state index contributed by atoms with van der Waals surface area (Å²) in [6, 6.07) is 4.97. The number of likely N-dealkylation sites (tertiary alicyclic amines) is 2. The van der Waals surface area contributed by atoms with E-state index in [0.29, 0.717) is 30.4 Å². The van der Waals surface area contributed by atoms with Crippen LogP contribution in [-0.2, 0) is 0 Å². The van der Waals surface area contributed by atoms with Crippen molar-refractivity contribution < 1.29 is 18.8 Å². The van der Waals surface area contributed by atoms with Crippen LogP contribution in [0, 0.1) is 11.7 Å². The molecule has 0 aliphatic carbocycles. The normalized spacial score (nSPS) is 18.0. The number of para-hydroxylation sites is 1. The van der Waals surface area contributed by atoms with Crippen LogP contribution in [0.1, 0.15) is 50.1 Å². The molecule has 2 aromatic heterocycles. The number of halogens is 2. The molecule has 0 unspecified atom stereocenters. The van der Waals surface area contributed by atoms with E-state index in [-0.39, 0.29) is 36.0 Å². The third-order valence-electron chi connectivity index (χ3n) is 6.53. The highest BCUT2D eigenvalue weighted by Crippen LogP contribution is 2.31. The molecular weight excluding hydrogens is 451 g/mol. The quantitative estimate of drug-likeness (QED) is 0.593. The Morgan fingerprint density at radius 1 is 1.27 bits per heavy atom. The van der Waals surface area contributed by atoms with Gasteiger partial charge in [-0.25, -0.2) is 9.18 Å². The number of piperidine rings is 1. The van der Waals surface area contributed by atoms with E-state index in [4.69, 9.17) is 9.63 Å². The molecule has 2 saturated heterocycles. The lowest BCUT2D eigenvalue weighted by Crippen LogP contribution is -2.54. The van der Waals surface area contributed by atoms with Crippen molar-refractivity contribution in [2.24, 2.45) is 5.92 Å². The van der Waals surface area contributed by atoms with Crippen LogP contribution in [0.3, 0.4) is 0 Å². The molecule has 3 aromatic rings. The van der Waals surface area contributed by atoms with E-state index < -0.39 is 6.09 Å². The highest BCUT2D eigenvalue weighted by atomic mass is 35.5. The first-order chi connectivity index (χ1) is 15.4. The van der Waals surface area contributed by atoms with Crippen LogP contribution in [-0.4, -0.2) is 73.6 Å². The maximum atomic E-state index is 14.6. The van der Waals surface area contributed by atoms with Crippen molar-refractivity contribution in [2.45, 2.75) is 38.5 Å². The van der Waals surface area contributed by atoms with Crippen LogP contribution in [0.4, 0.5) is 9.18 Å². The van der Waals surface area contributed by atoms with Crippen molar-refractivity contribution in [1.82, 2.24) is 29.7 Å². The molecule has 2 aliphatic rings. The Morgan fingerprint density at radius 2 is 2.00 bits per heavy atom. The monoisotopic (exact) mass is 478 g/mol. The van der Waals surface area contributed by atoms with Gasteiger partial charge in [0.25, 0.3) is 5.95 Å². The molecule has 0 atom stereocenters. The lowest BCUT2D eigenvalue weighted by Gasteiger charge is -2.41. The number of fused-ring (bicyclic) bond motifs is 1. The van der Waals surface area contributed by atoms with Crippen LogP contribution in [0.25, 0.3) is 16.9 Å². The molecule has 178 valence electrons. The topological polar surface area (TPSA) is 101 Å². The number of amides is 1. The summed E-state index contributed by atoms with van der Waals surface area (Å²) in [4.78, 5) is 19.3. The van der Waals surface area contributed by atoms with Crippen molar-refractivity contribution in [3.8, 4) is 5.95 Å². The summed E-state index contributed by atoms with van der Waals surface area (Å²) in [6.07, 6.45) is 0.947. The fraction of sp³-hybridized carbons (Fsp3) is 0.545. The van der Waals surface area contributed by atoms with E-state index in [1.165, 1.54) is 15.6 Å². The van der Waals surface area contributed by atoms with Crippen LogP contribution >= 0.6 is 12.4 Å². The molecule has 0 radical (unpaired) electrons. The smallest absolute Gasteiger partial charge is 0.407 e. The molecule has 1 N–H and O–H groups in total. The molecule has 0 saturated carbocycles. The Bertz CT molecular complexity index is 1130. The second-order valence-electron chi connectivity index (χ2n) is 9.15. The first-order valence-electron chi connectivity index (χ1n) is 11.1. The number of hydrogen-bond donors (Lipinski definition) is 1. The standard InChI is InChI=1S/C22H27FN6O3.ClH/c1-13(2)18-16-4-3-5-17(23)19(16)29(25-18)21-24-20(32-26-21)15-6-8-27(9-7-15)10-14-11-28(12-14)22(30)31;/h3-5,13-15H,6-12H2,1-2H3,(H,30,31);1H. The van der Waals surface area contributed by atoms with Gasteiger partial charge >= 0.3 is 6.09 Å².